The quantitative estimate of drug-likeness (QED) is 0.749. The number of hydrogen-bond acceptors (Lipinski definition) is 5. The van der Waals surface area contributed by atoms with E-state index in [-0.39, 0.29) is 11.4 Å². The van der Waals surface area contributed by atoms with Gasteiger partial charge in [-0.05, 0) is 24.6 Å². The van der Waals surface area contributed by atoms with Gasteiger partial charge in [0.2, 0.25) is 5.88 Å². The smallest absolute Gasteiger partial charge is 0.348 e. The van der Waals surface area contributed by atoms with Gasteiger partial charge in [-0.15, -0.1) is 0 Å². The molecule has 0 aliphatic carbocycles. The standard InChI is InChI=1S/C13H10N4O4/c1-7-2-3-8(12(18)19)4-9(7)21-11-5-10-15-16-13(20)17(10)6-14-11/h2-6H,1H3,(H,16,20)(H,18,19). The third kappa shape index (κ3) is 2.34. The number of carboxylic acids is 1. The molecule has 0 radical (unpaired) electrons. The van der Waals surface area contributed by atoms with Crippen molar-refractivity contribution in [3.05, 3.63) is 52.2 Å². The van der Waals surface area contributed by atoms with Gasteiger partial charge in [-0.25, -0.2) is 24.1 Å². The molecule has 0 aliphatic heterocycles. The van der Waals surface area contributed by atoms with Crippen molar-refractivity contribution in [3.8, 4) is 11.6 Å². The van der Waals surface area contributed by atoms with Crippen LogP contribution >= 0.6 is 0 Å². The Kier molecular flexibility index (Phi) is 2.90. The lowest BCUT2D eigenvalue weighted by molar-refractivity contribution is 0.0696. The topological polar surface area (TPSA) is 110 Å². The molecule has 0 atom stereocenters. The van der Waals surface area contributed by atoms with Crippen molar-refractivity contribution in [2.75, 3.05) is 0 Å². The lowest BCUT2D eigenvalue weighted by Crippen LogP contribution is -2.09. The largest absolute Gasteiger partial charge is 0.478 e. The van der Waals surface area contributed by atoms with Crippen molar-refractivity contribution in [3.63, 3.8) is 0 Å². The fourth-order valence-corrected chi connectivity index (χ4v) is 1.80. The number of benzene rings is 1. The van der Waals surface area contributed by atoms with E-state index < -0.39 is 11.7 Å². The molecule has 0 amide bonds. The number of aromatic carboxylic acids is 1. The Labute approximate surface area is 117 Å². The maximum Gasteiger partial charge on any atom is 0.348 e. The third-order valence-corrected chi connectivity index (χ3v) is 2.93. The minimum atomic E-state index is -1.04. The van der Waals surface area contributed by atoms with Gasteiger partial charge in [-0.2, -0.15) is 5.10 Å². The normalized spacial score (nSPS) is 10.7. The number of fused-ring (bicyclic) bond motifs is 1. The Morgan fingerprint density at radius 3 is 2.95 bits per heavy atom. The van der Waals surface area contributed by atoms with Gasteiger partial charge in [-0.3, -0.25) is 0 Å². The summed E-state index contributed by atoms with van der Waals surface area (Å²) in [5.41, 5.74) is 0.846. The maximum absolute atomic E-state index is 11.3. The van der Waals surface area contributed by atoms with Crippen LogP contribution in [0.15, 0.2) is 35.4 Å². The summed E-state index contributed by atoms with van der Waals surface area (Å²) in [7, 11) is 0. The molecule has 0 unspecified atom stereocenters. The highest BCUT2D eigenvalue weighted by Gasteiger charge is 2.10. The van der Waals surface area contributed by atoms with Gasteiger partial charge in [0.05, 0.1) is 5.56 Å². The fraction of sp³-hybridized carbons (Fsp3) is 0.0769. The highest BCUT2D eigenvalue weighted by atomic mass is 16.5. The molecule has 3 rings (SSSR count). The van der Waals surface area contributed by atoms with Crippen molar-refractivity contribution in [2.45, 2.75) is 6.92 Å². The number of nitrogens with one attached hydrogen (secondary N) is 1. The third-order valence-electron chi connectivity index (χ3n) is 2.93. The molecule has 8 heteroatoms. The van der Waals surface area contributed by atoms with Gasteiger partial charge in [-0.1, -0.05) is 6.07 Å². The van der Waals surface area contributed by atoms with Gasteiger partial charge >= 0.3 is 11.7 Å². The van der Waals surface area contributed by atoms with E-state index in [0.717, 1.165) is 5.56 Å². The number of ether oxygens (including phenoxy) is 1. The Bertz CT molecular complexity index is 897. The summed E-state index contributed by atoms with van der Waals surface area (Å²) in [6.07, 6.45) is 1.28. The Balaban J connectivity index is 1.99. The second-order valence-corrected chi connectivity index (χ2v) is 4.37. The number of rotatable bonds is 3. The average Bonchev–Trinajstić information content (AvgIpc) is 2.82. The highest BCUT2D eigenvalue weighted by molar-refractivity contribution is 5.88. The molecular formula is C13H10N4O4. The monoisotopic (exact) mass is 286 g/mol. The lowest BCUT2D eigenvalue weighted by atomic mass is 10.1. The van der Waals surface area contributed by atoms with Crippen LogP contribution in [0.1, 0.15) is 15.9 Å². The molecule has 3 aromatic rings. The Morgan fingerprint density at radius 1 is 1.38 bits per heavy atom. The molecule has 1 aromatic carbocycles. The van der Waals surface area contributed by atoms with E-state index in [9.17, 15) is 9.59 Å². The van der Waals surface area contributed by atoms with Crippen LogP contribution in [0.4, 0.5) is 0 Å². The second kappa shape index (κ2) is 4.75. The van der Waals surface area contributed by atoms with Crippen LogP contribution < -0.4 is 10.4 Å². The van der Waals surface area contributed by atoms with Crippen molar-refractivity contribution in [2.24, 2.45) is 0 Å². The zero-order chi connectivity index (χ0) is 15.0. The van der Waals surface area contributed by atoms with Crippen molar-refractivity contribution >= 4 is 11.6 Å². The molecule has 21 heavy (non-hydrogen) atoms. The first-order chi connectivity index (χ1) is 10.0. The first kappa shape index (κ1) is 12.9. The predicted octanol–water partition coefficient (Wildman–Crippen LogP) is 1.22. The number of carbonyl (C=O) groups is 1. The number of carboxylic acid groups (broad SMARTS) is 1. The molecule has 106 valence electrons. The van der Waals surface area contributed by atoms with E-state index >= 15 is 0 Å². The van der Waals surface area contributed by atoms with Gasteiger partial charge in [0.1, 0.15) is 12.1 Å². The van der Waals surface area contributed by atoms with E-state index in [2.05, 4.69) is 15.2 Å². The summed E-state index contributed by atoms with van der Waals surface area (Å²) >= 11 is 0. The summed E-state index contributed by atoms with van der Waals surface area (Å²) in [6.45, 7) is 1.79. The van der Waals surface area contributed by atoms with E-state index in [0.29, 0.717) is 11.4 Å². The van der Waals surface area contributed by atoms with Gasteiger partial charge in [0.15, 0.2) is 5.65 Å². The molecule has 0 spiro atoms. The van der Waals surface area contributed by atoms with Crippen LogP contribution in [0.2, 0.25) is 0 Å². The number of nitrogens with zero attached hydrogens (tertiary/aromatic N) is 3. The zero-order valence-corrected chi connectivity index (χ0v) is 10.9. The van der Waals surface area contributed by atoms with Gasteiger partial charge < -0.3 is 9.84 Å². The number of aromatic amines is 1. The lowest BCUT2D eigenvalue weighted by Gasteiger charge is -2.08. The summed E-state index contributed by atoms with van der Waals surface area (Å²) < 4.78 is 6.80. The van der Waals surface area contributed by atoms with Gasteiger partial charge in [0.25, 0.3) is 0 Å². The molecule has 0 saturated heterocycles. The molecule has 2 aromatic heterocycles. The first-order valence-electron chi connectivity index (χ1n) is 5.99. The van der Waals surface area contributed by atoms with Crippen LogP contribution in [0, 0.1) is 6.92 Å². The maximum atomic E-state index is 11.3. The van der Waals surface area contributed by atoms with E-state index in [1.165, 1.54) is 28.9 Å². The van der Waals surface area contributed by atoms with E-state index in [4.69, 9.17) is 9.84 Å². The van der Waals surface area contributed by atoms with Gasteiger partial charge in [0, 0.05) is 6.07 Å². The molecule has 2 N–H and O–H groups in total. The van der Waals surface area contributed by atoms with Crippen molar-refractivity contribution in [1.29, 1.82) is 0 Å². The molecule has 8 nitrogen and oxygen atoms in total. The van der Waals surface area contributed by atoms with Crippen molar-refractivity contribution < 1.29 is 14.6 Å². The number of aryl methyl sites for hydroxylation is 1. The van der Waals surface area contributed by atoms with Crippen LogP contribution in [-0.4, -0.2) is 30.7 Å². The van der Waals surface area contributed by atoms with Crippen LogP contribution in [-0.2, 0) is 0 Å². The molecule has 0 saturated carbocycles. The van der Waals surface area contributed by atoms with Crippen molar-refractivity contribution in [1.82, 2.24) is 19.6 Å². The van der Waals surface area contributed by atoms with E-state index in [1.54, 1.807) is 13.0 Å². The van der Waals surface area contributed by atoms with Crippen LogP contribution in [0.3, 0.4) is 0 Å². The molecule has 0 aliphatic rings. The summed E-state index contributed by atoms with van der Waals surface area (Å²) in [5, 5.41) is 15.1. The number of aromatic nitrogens is 4. The molecule has 0 bridgehead atoms. The second-order valence-electron chi connectivity index (χ2n) is 4.37. The average molecular weight is 286 g/mol. The number of H-pyrrole nitrogens is 1. The van der Waals surface area contributed by atoms with Crippen LogP contribution in [0.5, 0.6) is 11.6 Å². The molecule has 2 heterocycles. The SMILES string of the molecule is Cc1ccc(C(=O)O)cc1Oc1cc2n[nH]c(=O)n2cn1. The summed E-state index contributed by atoms with van der Waals surface area (Å²) in [4.78, 5) is 26.3. The highest BCUT2D eigenvalue weighted by Crippen LogP contribution is 2.25. The van der Waals surface area contributed by atoms with E-state index in [1.807, 2.05) is 0 Å². The minimum absolute atomic E-state index is 0.118. The Hall–Kier alpha value is -3.16. The zero-order valence-electron chi connectivity index (χ0n) is 10.9. The van der Waals surface area contributed by atoms with Crippen LogP contribution in [0.25, 0.3) is 5.65 Å². The minimum Gasteiger partial charge on any atom is -0.478 e. The predicted molar refractivity (Wildman–Crippen MR) is 71.8 cm³/mol. The fourth-order valence-electron chi connectivity index (χ4n) is 1.80. The first-order valence-corrected chi connectivity index (χ1v) is 5.99. The molecule has 0 fully saturated rings. The summed E-state index contributed by atoms with van der Waals surface area (Å²) in [6, 6.07) is 6.04. The number of hydrogen-bond donors (Lipinski definition) is 2. The Morgan fingerprint density at radius 2 is 2.19 bits per heavy atom. The molecular weight excluding hydrogens is 276 g/mol. The summed E-state index contributed by atoms with van der Waals surface area (Å²) in [5.74, 6) is -0.445.